The van der Waals surface area contributed by atoms with Crippen LogP contribution in [-0.4, -0.2) is 42.9 Å². The van der Waals surface area contributed by atoms with E-state index in [1.165, 1.54) is 11.1 Å². The molecule has 0 bridgehead atoms. The highest BCUT2D eigenvalue weighted by Crippen LogP contribution is 2.29. The Kier molecular flexibility index (Phi) is 4.54. The normalized spacial score (nSPS) is 17.3. The molecule has 2 aliphatic rings. The zero-order chi connectivity index (χ0) is 17.9. The topological polar surface area (TPSA) is 52.7 Å². The lowest BCUT2D eigenvalue weighted by atomic mass is 9.99. The van der Waals surface area contributed by atoms with E-state index in [-0.39, 0.29) is 18.4 Å². The van der Waals surface area contributed by atoms with Crippen molar-refractivity contribution in [3.63, 3.8) is 0 Å². The van der Waals surface area contributed by atoms with Crippen LogP contribution in [0.2, 0.25) is 0 Å². The Morgan fingerprint density at radius 2 is 1.81 bits per heavy atom. The highest BCUT2D eigenvalue weighted by atomic mass is 16.2. The van der Waals surface area contributed by atoms with Crippen molar-refractivity contribution in [1.82, 2.24) is 4.90 Å². The van der Waals surface area contributed by atoms with Crippen molar-refractivity contribution in [3.8, 4) is 0 Å². The highest BCUT2D eigenvalue weighted by molar-refractivity contribution is 6.10. The standard InChI is InChI=1S/C21H21N3O2/c25-20-14-24(19-9-5-4-8-18(19)22-20)21(26)15-23-12-10-17(11-13-23)16-6-2-1-3-7-16/h1-10H,11-15H2,(H,22,25). The number of anilines is 2. The summed E-state index contributed by atoms with van der Waals surface area (Å²) >= 11 is 0. The van der Waals surface area contributed by atoms with Gasteiger partial charge in [0.25, 0.3) is 0 Å². The first-order valence-corrected chi connectivity index (χ1v) is 8.87. The molecule has 0 aromatic heterocycles. The van der Waals surface area contributed by atoms with Crippen LogP contribution < -0.4 is 10.2 Å². The predicted octanol–water partition coefficient (Wildman–Crippen LogP) is 2.76. The van der Waals surface area contributed by atoms with Gasteiger partial charge in [-0.2, -0.15) is 0 Å². The van der Waals surface area contributed by atoms with Crippen molar-refractivity contribution in [2.75, 3.05) is 36.4 Å². The molecule has 0 saturated carbocycles. The maximum absolute atomic E-state index is 12.8. The van der Waals surface area contributed by atoms with Gasteiger partial charge in [0.2, 0.25) is 11.8 Å². The fourth-order valence-corrected chi connectivity index (χ4v) is 3.50. The number of carbonyl (C=O) groups excluding carboxylic acids is 2. The third-order valence-electron chi connectivity index (χ3n) is 4.87. The van der Waals surface area contributed by atoms with Crippen LogP contribution in [0.25, 0.3) is 5.57 Å². The van der Waals surface area contributed by atoms with Crippen LogP contribution in [0.4, 0.5) is 11.4 Å². The summed E-state index contributed by atoms with van der Waals surface area (Å²) < 4.78 is 0. The van der Waals surface area contributed by atoms with E-state index >= 15 is 0 Å². The third kappa shape index (κ3) is 3.39. The second-order valence-corrected chi connectivity index (χ2v) is 6.63. The first-order valence-electron chi connectivity index (χ1n) is 8.87. The number of fused-ring (bicyclic) bond motifs is 1. The van der Waals surface area contributed by atoms with Crippen molar-refractivity contribution in [2.24, 2.45) is 0 Å². The van der Waals surface area contributed by atoms with Crippen molar-refractivity contribution >= 4 is 28.8 Å². The van der Waals surface area contributed by atoms with Gasteiger partial charge >= 0.3 is 0 Å². The largest absolute Gasteiger partial charge is 0.323 e. The molecule has 0 fully saturated rings. The number of hydrogen-bond donors (Lipinski definition) is 1. The lowest BCUT2D eigenvalue weighted by Gasteiger charge is -2.32. The number of nitrogens with one attached hydrogen (secondary N) is 1. The molecule has 0 spiro atoms. The average molecular weight is 347 g/mol. The molecule has 2 aliphatic heterocycles. The molecular formula is C21H21N3O2. The Balaban J connectivity index is 1.43. The smallest absolute Gasteiger partial charge is 0.244 e. The highest BCUT2D eigenvalue weighted by Gasteiger charge is 2.28. The molecule has 0 radical (unpaired) electrons. The molecule has 5 nitrogen and oxygen atoms in total. The summed E-state index contributed by atoms with van der Waals surface area (Å²) in [5, 5.41) is 2.82. The lowest BCUT2D eigenvalue weighted by molar-refractivity contribution is -0.122. The van der Waals surface area contributed by atoms with Gasteiger partial charge in [0, 0.05) is 13.1 Å². The van der Waals surface area contributed by atoms with Crippen molar-refractivity contribution in [2.45, 2.75) is 6.42 Å². The molecular weight excluding hydrogens is 326 g/mol. The molecule has 0 atom stereocenters. The van der Waals surface area contributed by atoms with Crippen LogP contribution in [0.15, 0.2) is 60.7 Å². The monoisotopic (exact) mass is 347 g/mol. The Labute approximate surface area is 152 Å². The Morgan fingerprint density at radius 1 is 1.04 bits per heavy atom. The van der Waals surface area contributed by atoms with Gasteiger partial charge in [-0.15, -0.1) is 0 Å². The molecule has 2 heterocycles. The molecule has 2 aromatic rings. The van der Waals surface area contributed by atoms with E-state index in [9.17, 15) is 9.59 Å². The minimum absolute atomic E-state index is 0.0381. The minimum atomic E-state index is -0.151. The Morgan fingerprint density at radius 3 is 2.58 bits per heavy atom. The maximum Gasteiger partial charge on any atom is 0.244 e. The fourth-order valence-electron chi connectivity index (χ4n) is 3.50. The Bertz CT molecular complexity index is 861. The quantitative estimate of drug-likeness (QED) is 0.929. The lowest BCUT2D eigenvalue weighted by Crippen LogP contribution is -2.47. The molecule has 0 unspecified atom stereocenters. The van der Waals surface area contributed by atoms with Crippen LogP contribution >= 0.6 is 0 Å². The first-order chi connectivity index (χ1) is 12.7. The van der Waals surface area contributed by atoms with Crippen LogP contribution in [0.1, 0.15) is 12.0 Å². The SMILES string of the molecule is O=C1CN(C(=O)CN2CC=C(c3ccccc3)CC2)c2ccccc2N1. The summed E-state index contributed by atoms with van der Waals surface area (Å²) in [6.45, 7) is 1.99. The van der Waals surface area contributed by atoms with Crippen molar-refractivity contribution in [1.29, 1.82) is 0 Å². The number of amides is 2. The summed E-state index contributed by atoms with van der Waals surface area (Å²) in [5.41, 5.74) is 4.05. The number of benzene rings is 2. The van der Waals surface area contributed by atoms with Gasteiger partial charge in [0.1, 0.15) is 6.54 Å². The van der Waals surface area contributed by atoms with E-state index in [0.717, 1.165) is 25.2 Å². The molecule has 26 heavy (non-hydrogen) atoms. The molecule has 5 heteroatoms. The average Bonchev–Trinajstić information content (AvgIpc) is 2.68. The van der Waals surface area contributed by atoms with Crippen LogP contribution in [0, 0.1) is 0 Å². The van der Waals surface area contributed by atoms with Gasteiger partial charge in [0.15, 0.2) is 0 Å². The van der Waals surface area contributed by atoms with Gasteiger partial charge in [-0.1, -0.05) is 48.5 Å². The molecule has 0 aliphatic carbocycles. The molecule has 0 saturated heterocycles. The molecule has 1 N–H and O–H groups in total. The summed E-state index contributed by atoms with van der Waals surface area (Å²) in [4.78, 5) is 28.4. The van der Waals surface area contributed by atoms with Gasteiger partial charge in [-0.05, 0) is 29.7 Å². The van der Waals surface area contributed by atoms with Crippen LogP contribution in [0.3, 0.4) is 0 Å². The second kappa shape index (κ2) is 7.14. The van der Waals surface area contributed by atoms with Crippen LogP contribution in [0.5, 0.6) is 0 Å². The van der Waals surface area contributed by atoms with Gasteiger partial charge in [0.05, 0.1) is 17.9 Å². The zero-order valence-electron chi connectivity index (χ0n) is 14.5. The number of rotatable bonds is 3. The van der Waals surface area contributed by atoms with E-state index in [1.54, 1.807) is 4.90 Å². The minimum Gasteiger partial charge on any atom is -0.323 e. The molecule has 4 rings (SSSR count). The fraction of sp³-hybridized carbons (Fsp3) is 0.238. The summed E-state index contributed by atoms with van der Waals surface area (Å²) in [6, 6.07) is 17.8. The molecule has 2 aromatic carbocycles. The van der Waals surface area contributed by atoms with Gasteiger partial charge in [-0.25, -0.2) is 0 Å². The van der Waals surface area contributed by atoms with Gasteiger partial charge < -0.3 is 5.32 Å². The predicted molar refractivity (Wildman–Crippen MR) is 103 cm³/mol. The molecule has 132 valence electrons. The number of nitrogens with zero attached hydrogens (tertiary/aromatic N) is 2. The molecule has 2 amide bonds. The third-order valence-corrected chi connectivity index (χ3v) is 4.87. The van der Waals surface area contributed by atoms with Crippen molar-refractivity contribution < 1.29 is 9.59 Å². The summed E-state index contributed by atoms with van der Waals surface area (Å²) in [6.07, 6.45) is 3.12. The second-order valence-electron chi connectivity index (χ2n) is 6.63. The van der Waals surface area contributed by atoms with E-state index < -0.39 is 0 Å². The van der Waals surface area contributed by atoms with Crippen molar-refractivity contribution in [3.05, 3.63) is 66.2 Å². The number of hydrogen-bond acceptors (Lipinski definition) is 3. The first kappa shape index (κ1) is 16.5. The van der Waals surface area contributed by atoms with E-state index in [1.807, 2.05) is 42.5 Å². The van der Waals surface area contributed by atoms with Gasteiger partial charge in [-0.3, -0.25) is 19.4 Å². The Hall–Kier alpha value is -2.92. The summed E-state index contributed by atoms with van der Waals surface area (Å²) in [7, 11) is 0. The maximum atomic E-state index is 12.8. The zero-order valence-corrected chi connectivity index (χ0v) is 14.5. The van der Waals surface area contributed by atoms with E-state index in [0.29, 0.717) is 12.2 Å². The van der Waals surface area contributed by atoms with Crippen LogP contribution in [-0.2, 0) is 9.59 Å². The van der Waals surface area contributed by atoms with E-state index in [2.05, 4.69) is 28.4 Å². The number of carbonyl (C=O) groups is 2. The number of para-hydroxylation sites is 2. The van der Waals surface area contributed by atoms with E-state index in [4.69, 9.17) is 0 Å². The summed E-state index contributed by atoms with van der Waals surface area (Å²) in [5.74, 6) is -0.189.